The van der Waals surface area contributed by atoms with Gasteiger partial charge in [0.15, 0.2) is 18.0 Å². The molecule has 2 aliphatic heterocycles. The summed E-state index contributed by atoms with van der Waals surface area (Å²) in [6.07, 6.45) is 2.14. The lowest BCUT2D eigenvalue weighted by atomic mass is 9.71. The number of anilines is 1. The zero-order chi connectivity index (χ0) is 35.6. The molecule has 0 amide bonds. The number of fused-ring (bicyclic) bond motifs is 2. The summed E-state index contributed by atoms with van der Waals surface area (Å²) in [4.78, 5) is 38.0. The molecule has 2 unspecified atom stereocenters. The number of nitro benzene ring substituents is 2. The van der Waals surface area contributed by atoms with E-state index in [1.807, 2.05) is 61.8 Å². The van der Waals surface area contributed by atoms with Gasteiger partial charge < -0.3 is 19.5 Å². The lowest BCUT2D eigenvalue weighted by Gasteiger charge is -2.43. The molecule has 12 heteroatoms. The van der Waals surface area contributed by atoms with Gasteiger partial charge in [0.25, 0.3) is 11.4 Å². The molecule has 1 aliphatic carbocycles. The predicted octanol–water partition coefficient (Wildman–Crippen LogP) is 5.65. The number of allylic oxidation sites excluding steroid dienone is 2. The van der Waals surface area contributed by atoms with Crippen molar-refractivity contribution in [3.8, 4) is 11.5 Å². The van der Waals surface area contributed by atoms with Gasteiger partial charge in [-0.2, -0.15) is 4.58 Å². The van der Waals surface area contributed by atoms with Crippen LogP contribution in [0.2, 0.25) is 0 Å². The van der Waals surface area contributed by atoms with Crippen molar-refractivity contribution < 1.29 is 33.8 Å². The van der Waals surface area contributed by atoms with Gasteiger partial charge in [0.1, 0.15) is 11.5 Å². The Labute approximate surface area is 283 Å². The summed E-state index contributed by atoms with van der Waals surface area (Å²) < 4.78 is 12.8. The van der Waals surface area contributed by atoms with Gasteiger partial charge in [-0.15, -0.1) is 0 Å². The lowest BCUT2D eigenvalue weighted by molar-refractivity contribution is -0.455. The molecule has 0 spiro atoms. The van der Waals surface area contributed by atoms with Gasteiger partial charge in [-0.25, -0.2) is 0 Å². The maximum atomic E-state index is 13.9. The summed E-state index contributed by atoms with van der Waals surface area (Å²) in [5, 5.41) is 37.2. The number of carbonyl (C=O) groups is 1. The molecule has 3 aromatic rings. The number of hydrogen-bond donors (Lipinski definition) is 0. The van der Waals surface area contributed by atoms with E-state index in [0.29, 0.717) is 23.6 Å². The number of nitro groups is 2. The molecule has 1 fully saturated rings. The van der Waals surface area contributed by atoms with Crippen LogP contribution in [0.4, 0.5) is 22.7 Å². The number of Topliss-reactive ketones (excluding diaryl/α,β-unsaturated/α-hetero) is 1. The number of hydrogen-bond acceptors (Lipinski definition) is 9. The molecule has 3 aromatic carbocycles. The van der Waals surface area contributed by atoms with Gasteiger partial charge in [0.2, 0.25) is 5.69 Å². The van der Waals surface area contributed by atoms with Crippen LogP contribution in [0.5, 0.6) is 11.5 Å². The van der Waals surface area contributed by atoms with Gasteiger partial charge in [0.05, 0.1) is 35.5 Å². The van der Waals surface area contributed by atoms with Crippen LogP contribution in [0.25, 0.3) is 0 Å². The summed E-state index contributed by atoms with van der Waals surface area (Å²) in [6.45, 7) is 10.8. The maximum Gasteiger partial charge on any atom is 0.276 e. The van der Waals surface area contributed by atoms with Crippen molar-refractivity contribution in [1.29, 1.82) is 0 Å². The number of benzene rings is 3. The first kappa shape index (κ1) is 33.5. The van der Waals surface area contributed by atoms with Crippen molar-refractivity contribution in [2.24, 2.45) is 5.92 Å². The summed E-state index contributed by atoms with van der Waals surface area (Å²) in [6, 6.07) is 14.9. The summed E-state index contributed by atoms with van der Waals surface area (Å²) in [5.41, 5.74) is 3.63. The van der Waals surface area contributed by atoms with E-state index >= 15 is 0 Å². The molecular weight excluding hydrogens is 628 g/mol. The number of ketones is 1. The van der Waals surface area contributed by atoms with Crippen LogP contribution in [0, 0.1) is 26.1 Å². The van der Waals surface area contributed by atoms with Crippen LogP contribution in [0.3, 0.4) is 0 Å². The highest BCUT2D eigenvalue weighted by atomic mass is 16.6. The number of methoxy groups -OCH3 is 2. The van der Waals surface area contributed by atoms with Crippen LogP contribution in [0.15, 0.2) is 78.0 Å². The van der Waals surface area contributed by atoms with Crippen molar-refractivity contribution in [2.45, 2.75) is 58.1 Å². The van der Waals surface area contributed by atoms with Crippen LogP contribution in [0.1, 0.15) is 51.3 Å². The number of non-ortho nitro benzene ring substituents is 2. The fraction of sp³-hybridized carbons (Fsp3) is 0.351. The van der Waals surface area contributed by atoms with Crippen molar-refractivity contribution in [3.05, 3.63) is 115 Å². The fourth-order valence-corrected chi connectivity index (χ4v) is 7.38. The number of likely N-dealkylation sites (N-methyl/N-ethyl adjacent to an activating group) is 1. The van der Waals surface area contributed by atoms with Gasteiger partial charge in [-0.05, 0) is 62.2 Å². The fourth-order valence-electron chi connectivity index (χ4n) is 7.38. The van der Waals surface area contributed by atoms with Crippen LogP contribution < -0.4 is 19.5 Å². The average molecular weight is 667 g/mol. The van der Waals surface area contributed by atoms with Crippen molar-refractivity contribution in [3.63, 3.8) is 0 Å². The number of carbonyl (C=O) groups excluding carboxylic acids is 1. The number of rotatable bonds is 9. The minimum Gasteiger partial charge on any atom is -0.848 e. The SMILES string of the molecule is CCN1C(=CC2C(=O)C(=CC3=[N+](Cc4cc([N+](=O)[O-])cc([N+](=O)[O-])c4)c4ccc(OC)cc4C3(C)C)C2[O-])C(C)(C)c2cc(OC)ccc21. The molecule has 1 saturated carbocycles. The van der Waals surface area contributed by atoms with Gasteiger partial charge in [-0.1, -0.05) is 26.0 Å². The monoisotopic (exact) mass is 666 g/mol. The molecule has 3 aliphatic rings. The molecule has 0 N–H and O–H groups in total. The Balaban J connectivity index is 1.42. The standard InChI is InChI=1S/C37H38N4O8/c1-8-38-30-11-9-24(48-6)16-28(30)36(2,3)32(38)18-26-34(42)27(35(26)43)19-33-37(4,5)29-17-25(49-7)10-12-31(29)39(33)20-21-13-22(40(44)45)15-23(14-21)41(46)47/h9-19,26,34H,8,20H2,1-7H3. The molecule has 0 saturated heterocycles. The van der Waals surface area contributed by atoms with E-state index in [9.17, 15) is 30.1 Å². The highest BCUT2D eigenvalue weighted by Crippen LogP contribution is 2.50. The molecule has 6 rings (SSSR count). The van der Waals surface area contributed by atoms with Crippen LogP contribution >= 0.6 is 0 Å². The summed E-state index contributed by atoms with van der Waals surface area (Å²) in [5.74, 6) is 0.204. The minimum atomic E-state index is -1.32. The van der Waals surface area contributed by atoms with E-state index in [4.69, 9.17) is 9.47 Å². The Morgan fingerprint density at radius 1 is 0.878 bits per heavy atom. The molecule has 49 heavy (non-hydrogen) atoms. The first-order valence-corrected chi connectivity index (χ1v) is 16.0. The predicted molar refractivity (Wildman–Crippen MR) is 182 cm³/mol. The van der Waals surface area contributed by atoms with Gasteiger partial charge >= 0.3 is 0 Å². The summed E-state index contributed by atoms with van der Waals surface area (Å²) in [7, 11) is 3.18. The maximum absolute atomic E-state index is 13.9. The normalized spacial score (nSPS) is 21.9. The third kappa shape index (κ3) is 5.36. The van der Waals surface area contributed by atoms with Crippen molar-refractivity contribution in [2.75, 3.05) is 25.7 Å². The number of ether oxygens (including phenoxy) is 2. The zero-order valence-corrected chi connectivity index (χ0v) is 28.5. The highest BCUT2D eigenvalue weighted by molar-refractivity contribution is 6.14. The van der Waals surface area contributed by atoms with E-state index in [0.717, 1.165) is 40.0 Å². The Bertz CT molecular complexity index is 1990. The molecular formula is C37H38N4O8. The molecule has 0 radical (unpaired) electrons. The molecule has 0 aromatic heterocycles. The van der Waals surface area contributed by atoms with E-state index in [1.165, 1.54) is 12.1 Å². The summed E-state index contributed by atoms with van der Waals surface area (Å²) >= 11 is 0. The van der Waals surface area contributed by atoms with Crippen molar-refractivity contribution in [1.82, 2.24) is 0 Å². The van der Waals surface area contributed by atoms with E-state index in [-0.39, 0.29) is 17.9 Å². The Morgan fingerprint density at radius 3 is 2.02 bits per heavy atom. The third-order valence-electron chi connectivity index (χ3n) is 10.1. The minimum absolute atomic E-state index is 0.0248. The molecule has 0 bridgehead atoms. The van der Waals surface area contributed by atoms with E-state index in [1.54, 1.807) is 26.4 Å². The second kappa shape index (κ2) is 12.0. The second-order valence-corrected chi connectivity index (χ2v) is 13.6. The molecule has 2 heterocycles. The second-order valence-electron chi connectivity index (χ2n) is 13.6. The first-order valence-electron chi connectivity index (χ1n) is 16.0. The van der Waals surface area contributed by atoms with Gasteiger partial charge in [-0.3, -0.25) is 25.0 Å². The highest BCUT2D eigenvalue weighted by Gasteiger charge is 2.48. The Hall–Kier alpha value is -5.36. The van der Waals surface area contributed by atoms with Crippen molar-refractivity contribution >= 4 is 34.2 Å². The Kier molecular flexibility index (Phi) is 8.18. The smallest absolute Gasteiger partial charge is 0.276 e. The zero-order valence-electron chi connectivity index (χ0n) is 28.5. The molecule has 254 valence electrons. The Morgan fingerprint density at radius 2 is 1.47 bits per heavy atom. The third-order valence-corrected chi connectivity index (χ3v) is 10.1. The largest absolute Gasteiger partial charge is 0.848 e. The van der Waals surface area contributed by atoms with Gasteiger partial charge in [0, 0.05) is 64.7 Å². The van der Waals surface area contributed by atoms with E-state index < -0.39 is 44.1 Å². The van der Waals surface area contributed by atoms with E-state index in [2.05, 4.69) is 18.7 Å². The van der Waals surface area contributed by atoms with Crippen LogP contribution in [-0.4, -0.2) is 52.8 Å². The topological polar surface area (TPSA) is 151 Å². The number of nitrogens with zero attached hydrogens (tertiary/aromatic N) is 4. The van der Waals surface area contributed by atoms with Crippen LogP contribution in [-0.2, 0) is 22.2 Å². The molecule has 12 nitrogen and oxygen atoms in total. The quantitative estimate of drug-likeness (QED) is 0.122. The lowest BCUT2D eigenvalue weighted by Crippen LogP contribution is -2.53. The molecule has 2 atom stereocenters. The average Bonchev–Trinajstić information content (AvgIpc) is 3.42. The first-order chi connectivity index (χ1) is 23.1.